The molecule has 0 saturated carbocycles. The summed E-state index contributed by atoms with van der Waals surface area (Å²) in [5.41, 5.74) is 2.22. The van der Waals surface area contributed by atoms with Crippen LogP contribution in [0.1, 0.15) is 18.9 Å². The van der Waals surface area contributed by atoms with Crippen LogP contribution in [0.3, 0.4) is 0 Å². The van der Waals surface area contributed by atoms with Crippen LogP contribution in [0.2, 0.25) is 0 Å². The van der Waals surface area contributed by atoms with Crippen molar-refractivity contribution in [2.24, 2.45) is 0 Å². The lowest BCUT2D eigenvalue weighted by molar-refractivity contribution is -0.116. The maximum absolute atomic E-state index is 13.3. The molecule has 9 heteroatoms. The maximum atomic E-state index is 13.3. The molecule has 4 rings (SSSR count). The van der Waals surface area contributed by atoms with Gasteiger partial charge >= 0.3 is 0 Å². The van der Waals surface area contributed by atoms with Crippen LogP contribution in [0, 0.1) is 0 Å². The largest absolute Gasteiger partial charge is 0.497 e. The quantitative estimate of drug-likeness (QED) is 0.260. The summed E-state index contributed by atoms with van der Waals surface area (Å²) < 4.78 is 8.37. The van der Waals surface area contributed by atoms with E-state index in [1.807, 2.05) is 39.9 Å². The fourth-order valence-electron chi connectivity index (χ4n) is 3.45. The molecular formula is C24H27ClN4O2S2. The molecule has 0 aliphatic heterocycles. The Kier molecular flexibility index (Phi) is 9.17. The van der Waals surface area contributed by atoms with Crippen LogP contribution in [0.25, 0.3) is 10.2 Å². The summed E-state index contributed by atoms with van der Waals surface area (Å²) in [6, 6.07) is 14.0. The third-order valence-corrected chi connectivity index (χ3v) is 7.22. The van der Waals surface area contributed by atoms with Gasteiger partial charge < -0.3 is 9.30 Å². The van der Waals surface area contributed by atoms with Crippen molar-refractivity contribution in [3.63, 3.8) is 0 Å². The molecule has 6 nitrogen and oxygen atoms in total. The second-order valence-electron chi connectivity index (χ2n) is 7.28. The summed E-state index contributed by atoms with van der Waals surface area (Å²) in [6.45, 7) is 3.55. The van der Waals surface area contributed by atoms with E-state index in [4.69, 9.17) is 9.72 Å². The van der Waals surface area contributed by atoms with Crippen LogP contribution in [0.15, 0.2) is 66.1 Å². The number of thioether (sulfide) groups is 1. The first-order valence-electron chi connectivity index (χ1n) is 10.6. The topological polar surface area (TPSA) is 60.2 Å². The second kappa shape index (κ2) is 12.1. The molecule has 0 radical (unpaired) electrons. The van der Waals surface area contributed by atoms with Crippen LogP contribution < -0.4 is 9.64 Å². The number of hydrogen-bond donors (Lipinski definition) is 0. The van der Waals surface area contributed by atoms with E-state index in [9.17, 15) is 4.79 Å². The number of rotatable bonds is 10. The number of anilines is 1. The summed E-state index contributed by atoms with van der Waals surface area (Å²) in [7, 11) is 1.65. The molecule has 0 unspecified atom stereocenters. The molecule has 0 fully saturated rings. The number of nitrogens with zero attached hydrogens (tertiary/aromatic N) is 4. The average Bonchev–Trinajstić information content (AvgIpc) is 3.50. The van der Waals surface area contributed by atoms with Gasteiger partial charge in [-0.3, -0.25) is 9.69 Å². The maximum Gasteiger partial charge on any atom is 0.239 e. The van der Waals surface area contributed by atoms with Crippen molar-refractivity contribution in [3.05, 3.63) is 66.7 Å². The van der Waals surface area contributed by atoms with Gasteiger partial charge in [-0.15, -0.1) is 24.2 Å². The van der Waals surface area contributed by atoms with Gasteiger partial charge in [-0.05, 0) is 48.7 Å². The van der Waals surface area contributed by atoms with Crippen LogP contribution in [-0.4, -0.2) is 39.8 Å². The Morgan fingerprint density at radius 3 is 2.73 bits per heavy atom. The zero-order valence-corrected chi connectivity index (χ0v) is 21.1. The normalized spacial score (nSPS) is 10.7. The molecule has 0 spiro atoms. The summed E-state index contributed by atoms with van der Waals surface area (Å²) in [6.07, 6.45) is 7.26. The number of hydrogen-bond acceptors (Lipinski definition) is 6. The first-order valence-corrected chi connectivity index (χ1v) is 12.4. The number of thiazole rings is 1. The average molecular weight is 503 g/mol. The number of ether oxygens (including phenoxy) is 1. The molecule has 0 aliphatic rings. The Morgan fingerprint density at radius 2 is 2.03 bits per heavy atom. The molecule has 0 aliphatic carbocycles. The molecule has 174 valence electrons. The first kappa shape index (κ1) is 25.1. The summed E-state index contributed by atoms with van der Waals surface area (Å²) >= 11 is 3.12. The highest BCUT2D eigenvalue weighted by atomic mass is 35.5. The predicted octanol–water partition coefficient (Wildman–Crippen LogP) is 5.70. The number of methoxy groups -OCH3 is 1. The molecule has 2 aromatic carbocycles. The fourth-order valence-corrected chi connectivity index (χ4v) is 5.28. The molecule has 2 heterocycles. The van der Waals surface area contributed by atoms with Gasteiger partial charge in [0.1, 0.15) is 5.75 Å². The molecule has 0 N–H and O–H groups in total. The molecular weight excluding hydrogens is 476 g/mol. The highest BCUT2D eigenvalue weighted by Crippen LogP contribution is 2.32. The highest BCUT2D eigenvalue weighted by molar-refractivity contribution is 8.00. The van der Waals surface area contributed by atoms with Crippen molar-refractivity contribution in [1.29, 1.82) is 0 Å². The molecule has 2 aromatic heterocycles. The number of fused-ring (bicyclic) bond motifs is 1. The summed E-state index contributed by atoms with van der Waals surface area (Å²) in [4.78, 5) is 25.1. The third kappa shape index (κ3) is 6.28. The van der Waals surface area contributed by atoms with E-state index in [1.54, 1.807) is 31.0 Å². The number of benzene rings is 2. The van der Waals surface area contributed by atoms with E-state index in [0.29, 0.717) is 12.3 Å². The Morgan fingerprint density at radius 1 is 1.21 bits per heavy atom. The van der Waals surface area contributed by atoms with Gasteiger partial charge in [-0.2, -0.15) is 0 Å². The summed E-state index contributed by atoms with van der Waals surface area (Å²) in [5, 5.41) is 0.770. The molecule has 33 heavy (non-hydrogen) atoms. The molecule has 4 aromatic rings. The predicted molar refractivity (Wildman–Crippen MR) is 139 cm³/mol. The minimum atomic E-state index is 0. The van der Waals surface area contributed by atoms with E-state index < -0.39 is 0 Å². The standard InChI is InChI=1S/C24H26N4O2S2.ClH/c1-3-18-6-4-7-21-23(18)26-24(32-21)28(14-5-13-27-15-12-25-17-27)22(29)16-31-20-10-8-19(30-2)9-11-20;/h4,6-12,15,17H,3,5,13-14,16H2,1-2H3;1H. The minimum absolute atomic E-state index is 0. The number of imidazole rings is 1. The third-order valence-electron chi connectivity index (χ3n) is 5.18. The number of aryl methyl sites for hydroxylation is 2. The van der Waals surface area contributed by atoms with E-state index in [-0.39, 0.29) is 18.3 Å². The van der Waals surface area contributed by atoms with Gasteiger partial charge in [0.2, 0.25) is 5.91 Å². The second-order valence-corrected chi connectivity index (χ2v) is 9.34. The first-order chi connectivity index (χ1) is 15.7. The molecule has 0 saturated heterocycles. The SMILES string of the molecule is CCc1cccc2sc(N(CCCn3ccnc3)C(=O)CSc3ccc(OC)cc3)nc12.Cl. The number of halogens is 1. The van der Waals surface area contributed by atoms with Crippen molar-refractivity contribution in [2.75, 3.05) is 24.3 Å². The van der Waals surface area contributed by atoms with Crippen molar-refractivity contribution in [2.45, 2.75) is 31.2 Å². The fraction of sp³-hybridized carbons (Fsp3) is 0.292. The van der Waals surface area contributed by atoms with E-state index in [0.717, 1.165) is 45.4 Å². The van der Waals surface area contributed by atoms with Crippen molar-refractivity contribution in [1.82, 2.24) is 14.5 Å². The smallest absolute Gasteiger partial charge is 0.239 e. The zero-order chi connectivity index (χ0) is 22.3. The Labute approximate surface area is 208 Å². The van der Waals surface area contributed by atoms with Gasteiger partial charge in [-0.25, -0.2) is 9.97 Å². The van der Waals surface area contributed by atoms with Crippen LogP contribution >= 0.6 is 35.5 Å². The molecule has 1 amide bonds. The molecule has 0 bridgehead atoms. The van der Waals surface area contributed by atoms with Crippen LogP contribution in [0.4, 0.5) is 5.13 Å². The van der Waals surface area contributed by atoms with Crippen molar-refractivity contribution < 1.29 is 9.53 Å². The monoisotopic (exact) mass is 502 g/mol. The number of amides is 1. The van der Waals surface area contributed by atoms with Gasteiger partial charge in [0.25, 0.3) is 0 Å². The number of carbonyl (C=O) groups excluding carboxylic acids is 1. The lowest BCUT2D eigenvalue weighted by Crippen LogP contribution is -2.33. The Bertz CT molecular complexity index is 1160. The lowest BCUT2D eigenvalue weighted by Gasteiger charge is -2.20. The van der Waals surface area contributed by atoms with Crippen molar-refractivity contribution in [3.8, 4) is 5.75 Å². The Hall–Kier alpha value is -2.55. The van der Waals surface area contributed by atoms with Crippen LogP contribution in [0.5, 0.6) is 5.75 Å². The van der Waals surface area contributed by atoms with E-state index in [2.05, 4.69) is 30.1 Å². The number of para-hydroxylation sites is 1. The Balaban J connectivity index is 0.00000306. The molecule has 0 atom stereocenters. The summed E-state index contributed by atoms with van der Waals surface area (Å²) in [5.74, 6) is 1.23. The minimum Gasteiger partial charge on any atom is -0.497 e. The van der Waals surface area contributed by atoms with Crippen LogP contribution in [-0.2, 0) is 17.8 Å². The van der Waals surface area contributed by atoms with E-state index in [1.165, 1.54) is 17.3 Å². The van der Waals surface area contributed by atoms with Gasteiger partial charge in [0.15, 0.2) is 5.13 Å². The zero-order valence-electron chi connectivity index (χ0n) is 18.6. The van der Waals surface area contributed by atoms with Gasteiger partial charge in [0.05, 0.1) is 29.4 Å². The number of carbonyl (C=O) groups is 1. The highest BCUT2D eigenvalue weighted by Gasteiger charge is 2.20. The number of aromatic nitrogens is 3. The van der Waals surface area contributed by atoms with Gasteiger partial charge in [0, 0.05) is 30.4 Å². The lowest BCUT2D eigenvalue weighted by atomic mass is 10.1. The van der Waals surface area contributed by atoms with Crippen molar-refractivity contribution >= 4 is 56.8 Å². The van der Waals surface area contributed by atoms with Gasteiger partial charge in [-0.1, -0.05) is 30.4 Å². The van der Waals surface area contributed by atoms with E-state index >= 15 is 0 Å².